The van der Waals surface area contributed by atoms with Crippen molar-refractivity contribution in [1.82, 2.24) is 9.97 Å². The Morgan fingerprint density at radius 1 is 1.28 bits per heavy atom. The number of ether oxygens (including phenoxy) is 1. The summed E-state index contributed by atoms with van der Waals surface area (Å²) in [5, 5.41) is 0. The molecule has 3 rings (SSSR count). The first-order valence-corrected chi connectivity index (χ1v) is 5.77. The molecule has 94 valence electrons. The second-order valence-corrected chi connectivity index (χ2v) is 4.43. The summed E-state index contributed by atoms with van der Waals surface area (Å²) >= 11 is 0. The average Bonchev–Trinajstić information content (AvgIpc) is 3.08. The minimum atomic E-state index is -0.677. The number of nitrogens with zero attached hydrogens (tertiary/aromatic N) is 1. The van der Waals surface area contributed by atoms with E-state index in [0.717, 1.165) is 30.7 Å². The molecule has 1 N–H and O–H groups in total. The number of aromatic nitrogens is 2. The molecule has 1 fully saturated rings. The summed E-state index contributed by atoms with van der Waals surface area (Å²) in [7, 11) is 1.37. The number of nitrogens with one attached hydrogen (secondary N) is 1. The van der Waals surface area contributed by atoms with Crippen LogP contribution in [0.4, 0.5) is 8.78 Å². The topological polar surface area (TPSA) is 37.9 Å². The Hall–Kier alpha value is -1.91. The van der Waals surface area contributed by atoms with Crippen LogP contribution in [0.25, 0.3) is 11.4 Å². The summed E-state index contributed by atoms with van der Waals surface area (Å²) in [6.07, 6.45) is 3.86. The number of hydrogen-bond acceptors (Lipinski definition) is 2. The normalized spacial score (nSPS) is 14.8. The van der Waals surface area contributed by atoms with E-state index in [1.807, 2.05) is 0 Å². The summed E-state index contributed by atoms with van der Waals surface area (Å²) < 4.78 is 32.5. The molecule has 5 heteroatoms. The highest BCUT2D eigenvalue weighted by Crippen LogP contribution is 2.40. The number of hydrogen-bond donors (Lipinski definition) is 1. The lowest BCUT2D eigenvalue weighted by atomic mass is 10.2. The number of imidazole rings is 1. The van der Waals surface area contributed by atoms with Crippen LogP contribution in [0.1, 0.15) is 24.5 Å². The van der Waals surface area contributed by atoms with Gasteiger partial charge in [0.25, 0.3) is 0 Å². The molecule has 3 nitrogen and oxygen atoms in total. The lowest BCUT2D eigenvalue weighted by molar-refractivity contribution is 0.407. The number of methoxy groups -OCH3 is 1. The van der Waals surface area contributed by atoms with E-state index in [4.69, 9.17) is 4.74 Å². The monoisotopic (exact) mass is 250 g/mol. The van der Waals surface area contributed by atoms with Gasteiger partial charge < -0.3 is 9.72 Å². The van der Waals surface area contributed by atoms with Crippen molar-refractivity contribution in [3.63, 3.8) is 0 Å². The molecule has 1 aromatic heterocycles. The van der Waals surface area contributed by atoms with E-state index in [1.165, 1.54) is 7.11 Å². The largest absolute Gasteiger partial charge is 0.497 e. The van der Waals surface area contributed by atoms with E-state index < -0.39 is 11.6 Å². The van der Waals surface area contributed by atoms with Gasteiger partial charge in [0.2, 0.25) is 0 Å². The minimum absolute atomic E-state index is 0.136. The van der Waals surface area contributed by atoms with Gasteiger partial charge in [0, 0.05) is 29.9 Å². The molecule has 1 aromatic carbocycles. The molecule has 0 saturated heterocycles. The minimum Gasteiger partial charge on any atom is -0.497 e. The van der Waals surface area contributed by atoms with Gasteiger partial charge in [-0.1, -0.05) is 0 Å². The van der Waals surface area contributed by atoms with Gasteiger partial charge in [-0.05, 0) is 12.8 Å². The smallest absolute Gasteiger partial charge is 0.143 e. The Morgan fingerprint density at radius 3 is 2.50 bits per heavy atom. The number of H-pyrrole nitrogens is 1. The van der Waals surface area contributed by atoms with Crippen LogP contribution in [0.15, 0.2) is 18.3 Å². The summed E-state index contributed by atoms with van der Waals surface area (Å²) in [4.78, 5) is 7.03. The van der Waals surface area contributed by atoms with Crippen molar-refractivity contribution in [3.05, 3.63) is 35.7 Å². The molecule has 0 unspecified atom stereocenters. The van der Waals surface area contributed by atoms with Crippen molar-refractivity contribution in [2.24, 2.45) is 0 Å². The van der Waals surface area contributed by atoms with E-state index in [2.05, 4.69) is 9.97 Å². The number of halogens is 2. The van der Waals surface area contributed by atoms with Crippen molar-refractivity contribution in [2.45, 2.75) is 18.8 Å². The fourth-order valence-corrected chi connectivity index (χ4v) is 1.96. The van der Waals surface area contributed by atoms with Gasteiger partial charge in [-0.15, -0.1) is 0 Å². The Labute approximate surface area is 103 Å². The third-order valence-corrected chi connectivity index (χ3v) is 3.10. The molecule has 1 heterocycles. The second-order valence-electron chi connectivity index (χ2n) is 4.43. The van der Waals surface area contributed by atoms with Gasteiger partial charge in [-0.25, -0.2) is 13.8 Å². The summed E-state index contributed by atoms with van der Waals surface area (Å²) in [6, 6.07) is 2.30. The first-order valence-electron chi connectivity index (χ1n) is 5.77. The van der Waals surface area contributed by atoms with Crippen LogP contribution in [0.2, 0.25) is 0 Å². The van der Waals surface area contributed by atoms with E-state index in [9.17, 15) is 8.78 Å². The molecule has 0 amide bonds. The molecule has 0 aliphatic heterocycles. The molecule has 1 saturated carbocycles. The van der Waals surface area contributed by atoms with Crippen LogP contribution in [0.5, 0.6) is 5.75 Å². The van der Waals surface area contributed by atoms with Crippen molar-refractivity contribution in [3.8, 4) is 17.1 Å². The van der Waals surface area contributed by atoms with Gasteiger partial charge in [-0.3, -0.25) is 0 Å². The summed E-state index contributed by atoms with van der Waals surface area (Å²) in [5.41, 5.74) is 0.808. The zero-order valence-electron chi connectivity index (χ0n) is 9.84. The molecule has 0 spiro atoms. The van der Waals surface area contributed by atoms with E-state index in [0.29, 0.717) is 5.92 Å². The molecule has 1 aliphatic rings. The Bertz CT molecular complexity index is 567. The maximum Gasteiger partial charge on any atom is 0.143 e. The average molecular weight is 250 g/mol. The maximum atomic E-state index is 13.8. The number of aromatic amines is 1. The quantitative estimate of drug-likeness (QED) is 0.908. The molecule has 0 radical (unpaired) electrons. The fraction of sp³-hybridized carbons (Fsp3) is 0.308. The fourth-order valence-electron chi connectivity index (χ4n) is 1.96. The third kappa shape index (κ3) is 1.85. The van der Waals surface area contributed by atoms with Crippen molar-refractivity contribution in [1.29, 1.82) is 0 Å². The SMILES string of the molecule is COc1cc(F)c(-c2ncc(C3CC3)[nH]2)c(F)c1. The highest BCUT2D eigenvalue weighted by Gasteiger charge is 2.26. The van der Waals surface area contributed by atoms with E-state index >= 15 is 0 Å². The first-order chi connectivity index (χ1) is 8.69. The maximum absolute atomic E-state index is 13.8. The molecule has 1 aliphatic carbocycles. The first kappa shape index (κ1) is 11.2. The van der Waals surface area contributed by atoms with Gasteiger partial charge >= 0.3 is 0 Å². The van der Waals surface area contributed by atoms with Crippen molar-refractivity contribution < 1.29 is 13.5 Å². The van der Waals surface area contributed by atoms with Crippen LogP contribution in [-0.2, 0) is 0 Å². The second kappa shape index (κ2) is 4.08. The number of benzene rings is 1. The summed E-state index contributed by atoms with van der Waals surface area (Å²) in [5.74, 6) is -0.500. The lowest BCUT2D eigenvalue weighted by Crippen LogP contribution is -1.94. The molecule has 0 bridgehead atoms. The standard InChI is InChI=1S/C13H12F2N2O/c1-18-8-4-9(14)12(10(15)5-8)13-16-6-11(17-13)7-2-3-7/h4-7H,2-3H2,1H3,(H,16,17). The predicted octanol–water partition coefficient (Wildman–Crippen LogP) is 3.24. The van der Waals surface area contributed by atoms with E-state index in [1.54, 1.807) is 6.20 Å². The highest BCUT2D eigenvalue weighted by atomic mass is 19.1. The Balaban J connectivity index is 2.04. The number of rotatable bonds is 3. The predicted molar refractivity (Wildman–Crippen MR) is 62.5 cm³/mol. The molecular weight excluding hydrogens is 238 g/mol. The molecule has 2 aromatic rings. The highest BCUT2D eigenvalue weighted by molar-refractivity contribution is 5.59. The van der Waals surface area contributed by atoms with Crippen LogP contribution < -0.4 is 4.74 Å². The zero-order chi connectivity index (χ0) is 12.7. The van der Waals surface area contributed by atoms with Gasteiger partial charge in [0.15, 0.2) is 0 Å². The lowest BCUT2D eigenvalue weighted by Gasteiger charge is -2.05. The van der Waals surface area contributed by atoms with Gasteiger partial charge in [0.1, 0.15) is 23.2 Å². The molecule has 0 atom stereocenters. The molecule has 18 heavy (non-hydrogen) atoms. The van der Waals surface area contributed by atoms with E-state index in [-0.39, 0.29) is 17.1 Å². The van der Waals surface area contributed by atoms with Crippen molar-refractivity contribution in [2.75, 3.05) is 7.11 Å². The Kier molecular flexibility index (Phi) is 2.54. The Morgan fingerprint density at radius 2 is 1.94 bits per heavy atom. The third-order valence-electron chi connectivity index (χ3n) is 3.10. The zero-order valence-corrected chi connectivity index (χ0v) is 9.84. The van der Waals surface area contributed by atoms with Crippen LogP contribution in [-0.4, -0.2) is 17.1 Å². The van der Waals surface area contributed by atoms with Crippen LogP contribution in [0, 0.1) is 11.6 Å². The van der Waals surface area contributed by atoms with Crippen molar-refractivity contribution >= 4 is 0 Å². The summed E-state index contributed by atoms with van der Waals surface area (Å²) in [6.45, 7) is 0. The van der Waals surface area contributed by atoms with Gasteiger partial charge in [-0.2, -0.15) is 0 Å². The van der Waals surface area contributed by atoms with Crippen LogP contribution in [0.3, 0.4) is 0 Å². The van der Waals surface area contributed by atoms with Gasteiger partial charge in [0.05, 0.1) is 12.7 Å². The van der Waals surface area contributed by atoms with Crippen LogP contribution >= 0.6 is 0 Å². The molecular formula is C13H12F2N2O.